The van der Waals surface area contributed by atoms with Gasteiger partial charge in [0.05, 0.1) is 0 Å². The smallest absolute Gasteiger partial charge is 0.133 e. The Labute approximate surface area is 60.1 Å². The molecule has 0 rings (SSSR count). The Bertz CT molecular complexity index is 66.6. The summed E-state index contributed by atoms with van der Waals surface area (Å²) in [6.07, 6.45) is 0. The molecule has 0 N–H and O–H groups in total. The maximum atomic E-state index is 2.26. The van der Waals surface area contributed by atoms with Gasteiger partial charge < -0.3 is 0 Å². The Hall–Kier alpha value is 0.0969. The number of hydrogen-bond donors (Lipinski definition) is 0. The fourth-order valence-electron chi connectivity index (χ4n) is 0.923. The van der Waals surface area contributed by atoms with Crippen LogP contribution in [0.2, 0.25) is 6.55 Å². The van der Waals surface area contributed by atoms with Crippen LogP contribution >= 0.6 is 0 Å². The van der Waals surface area contributed by atoms with E-state index >= 15 is 0 Å². The molecule has 9 heavy (non-hydrogen) atoms. The van der Waals surface area contributed by atoms with Crippen LogP contribution in [0.25, 0.3) is 0 Å². The minimum absolute atomic E-state index is 0.0818. The molecule has 0 aliphatic rings. The van der Waals surface area contributed by atoms with E-state index in [9.17, 15) is 0 Å². The first kappa shape index (κ1) is 9.10. The van der Waals surface area contributed by atoms with E-state index in [2.05, 4.69) is 49.5 Å². The van der Waals surface area contributed by atoms with Crippen molar-refractivity contribution in [1.29, 1.82) is 0 Å². The molecule has 0 aromatic heterocycles. The molecule has 0 heterocycles. The summed E-state index contributed by atoms with van der Waals surface area (Å²) in [6, 6.07) is 0. The second kappa shape index (κ2) is 4.00. The number of hydrogen-bond acceptors (Lipinski definition) is 3. The second-order valence-electron chi connectivity index (χ2n) is 2.38. The molecule has 0 atom stereocenters. The van der Waals surface area contributed by atoms with Crippen LogP contribution < -0.4 is 0 Å². The highest BCUT2D eigenvalue weighted by atomic mass is 28.2. The molecule has 0 saturated heterocycles. The fraction of sp³-hybridized carbons (Fsp3) is 1.00. The topological polar surface area (TPSA) is 9.72 Å². The minimum atomic E-state index is -0.0818. The van der Waals surface area contributed by atoms with Gasteiger partial charge in [0.2, 0.25) is 0 Å². The van der Waals surface area contributed by atoms with Gasteiger partial charge in [0.15, 0.2) is 0 Å². The van der Waals surface area contributed by atoms with Gasteiger partial charge in [-0.2, -0.15) is 0 Å². The Kier molecular flexibility index (Phi) is 4.04. The molecule has 0 spiro atoms. The maximum Gasteiger partial charge on any atom is 0.133 e. The van der Waals surface area contributed by atoms with Crippen LogP contribution in [0.1, 0.15) is 0 Å². The molecule has 0 aliphatic carbocycles. The summed E-state index contributed by atoms with van der Waals surface area (Å²) in [5, 5.41) is 4.23. The van der Waals surface area contributed by atoms with Crippen molar-refractivity contribution in [2.24, 2.45) is 0 Å². The molecular formula is C5H17N3Si. The highest BCUT2D eigenvalue weighted by Gasteiger charge is 2.04. The molecule has 4 heteroatoms. The zero-order chi connectivity index (χ0) is 7.44. The van der Waals surface area contributed by atoms with E-state index in [1.165, 1.54) is 0 Å². The number of rotatable bonds is 3. The molecule has 0 unspecified atom stereocenters. The predicted octanol–water partition coefficient (Wildman–Crippen LogP) is -0.627. The summed E-state index contributed by atoms with van der Waals surface area (Å²) in [5.74, 6) is 0. The highest BCUT2D eigenvalue weighted by molar-refractivity contribution is 6.29. The maximum absolute atomic E-state index is 2.26. The Balaban J connectivity index is 3.68. The van der Waals surface area contributed by atoms with E-state index in [0.717, 1.165) is 0 Å². The van der Waals surface area contributed by atoms with Gasteiger partial charge in [-0.25, -0.2) is 14.8 Å². The van der Waals surface area contributed by atoms with E-state index < -0.39 is 0 Å². The summed E-state index contributed by atoms with van der Waals surface area (Å²) in [6.45, 7) is 2.26. The molecule has 56 valence electrons. The van der Waals surface area contributed by atoms with Crippen molar-refractivity contribution in [2.75, 3.05) is 28.2 Å². The molecule has 0 radical (unpaired) electrons. The summed E-state index contributed by atoms with van der Waals surface area (Å²) in [5.41, 5.74) is 0. The highest BCUT2D eigenvalue weighted by Crippen LogP contribution is 1.89. The van der Waals surface area contributed by atoms with Crippen LogP contribution in [0.3, 0.4) is 0 Å². The van der Waals surface area contributed by atoms with Gasteiger partial charge in [-0.1, -0.05) is 6.55 Å². The summed E-state index contributed by atoms with van der Waals surface area (Å²) in [4.78, 5) is 2.26. The number of hydrazine groups is 2. The average Bonchev–Trinajstić information content (AvgIpc) is 1.64. The van der Waals surface area contributed by atoms with Crippen LogP contribution in [0, 0.1) is 0 Å². The quantitative estimate of drug-likeness (QED) is 0.389. The van der Waals surface area contributed by atoms with Crippen molar-refractivity contribution < 1.29 is 0 Å². The molecule has 0 aromatic carbocycles. The van der Waals surface area contributed by atoms with Crippen LogP contribution in [-0.4, -0.2) is 52.7 Å². The average molecular weight is 147 g/mol. The van der Waals surface area contributed by atoms with Gasteiger partial charge in [-0.3, -0.25) is 0 Å². The van der Waals surface area contributed by atoms with Crippen molar-refractivity contribution in [1.82, 2.24) is 14.8 Å². The molecular weight excluding hydrogens is 130 g/mol. The largest absolute Gasteiger partial charge is 0.242 e. The summed E-state index contributed by atoms with van der Waals surface area (Å²) >= 11 is 0. The molecule has 0 aliphatic heterocycles. The molecule has 0 fully saturated rings. The molecule has 0 amide bonds. The first-order valence-electron chi connectivity index (χ1n) is 3.21. The van der Waals surface area contributed by atoms with Crippen molar-refractivity contribution in [2.45, 2.75) is 6.55 Å². The normalized spacial score (nSPS) is 13.3. The van der Waals surface area contributed by atoms with Gasteiger partial charge >= 0.3 is 0 Å². The Morgan fingerprint density at radius 1 is 0.889 bits per heavy atom. The van der Waals surface area contributed by atoms with Crippen molar-refractivity contribution in [3.63, 3.8) is 0 Å². The third-order valence-electron chi connectivity index (χ3n) is 1.21. The van der Waals surface area contributed by atoms with E-state index in [0.29, 0.717) is 0 Å². The van der Waals surface area contributed by atoms with E-state index in [4.69, 9.17) is 0 Å². The van der Waals surface area contributed by atoms with Gasteiger partial charge in [-0.15, -0.1) is 0 Å². The van der Waals surface area contributed by atoms with Crippen LogP contribution in [0.15, 0.2) is 0 Å². The molecule has 0 bridgehead atoms. The van der Waals surface area contributed by atoms with Crippen LogP contribution in [-0.2, 0) is 0 Å². The monoisotopic (exact) mass is 147 g/mol. The van der Waals surface area contributed by atoms with Crippen LogP contribution in [0.5, 0.6) is 0 Å². The van der Waals surface area contributed by atoms with Crippen LogP contribution in [0.4, 0.5) is 0 Å². The zero-order valence-electron chi connectivity index (χ0n) is 7.05. The van der Waals surface area contributed by atoms with Gasteiger partial charge in [0, 0.05) is 28.2 Å². The SMILES string of the molecule is C[SiH2]N(N(C)C)N(C)C. The van der Waals surface area contributed by atoms with Gasteiger partial charge in [0.25, 0.3) is 0 Å². The molecule has 0 aromatic rings. The lowest BCUT2D eigenvalue weighted by atomic mass is 11.1. The lowest BCUT2D eigenvalue weighted by Gasteiger charge is -2.33. The predicted molar refractivity (Wildman–Crippen MR) is 43.6 cm³/mol. The zero-order valence-corrected chi connectivity index (χ0v) is 8.46. The summed E-state index contributed by atoms with van der Waals surface area (Å²) in [7, 11) is 8.18. The Morgan fingerprint density at radius 2 is 1.22 bits per heavy atom. The first-order valence-corrected chi connectivity index (χ1v) is 5.26. The van der Waals surface area contributed by atoms with E-state index in [1.54, 1.807) is 0 Å². The van der Waals surface area contributed by atoms with Gasteiger partial charge in [-0.05, 0) is 0 Å². The van der Waals surface area contributed by atoms with Crippen molar-refractivity contribution in [3.05, 3.63) is 0 Å². The van der Waals surface area contributed by atoms with Crippen molar-refractivity contribution in [3.8, 4) is 0 Å². The molecule has 0 saturated carbocycles. The lowest BCUT2D eigenvalue weighted by molar-refractivity contribution is -0.0476. The first-order chi connectivity index (χ1) is 4.09. The molecule has 3 nitrogen and oxygen atoms in total. The third kappa shape index (κ3) is 2.95. The van der Waals surface area contributed by atoms with Crippen molar-refractivity contribution >= 4 is 9.68 Å². The second-order valence-corrected chi connectivity index (χ2v) is 3.58. The fourth-order valence-corrected chi connectivity index (χ4v) is 2.05. The Morgan fingerprint density at radius 3 is 1.22 bits per heavy atom. The summed E-state index contributed by atoms with van der Waals surface area (Å²) < 4.78 is 0. The number of nitrogens with zero attached hydrogens (tertiary/aromatic N) is 3. The standard InChI is InChI=1S/C5H17N3Si/c1-6(2)8(9-5)7(3)4/h9H2,1-5H3. The van der Waals surface area contributed by atoms with Gasteiger partial charge in [0.1, 0.15) is 9.68 Å². The third-order valence-corrected chi connectivity index (χ3v) is 2.90. The minimum Gasteiger partial charge on any atom is -0.242 e. The van der Waals surface area contributed by atoms with E-state index in [-0.39, 0.29) is 9.68 Å². The van der Waals surface area contributed by atoms with E-state index in [1.807, 2.05) is 0 Å². The lowest BCUT2D eigenvalue weighted by Crippen LogP contribution is -2.47.